The molecule has 2 N–H and O–H groups in total. The lowest BCUT2D eigenvalue weighted by Gasteiger charge is -2.25. The second kappa shape index (κ2) is 9.41. The molecule has 0 aromatic carbocycles. The monoisotopic (exact) mass is 445 g/mol. The van der Waals surface area contributed by atoms with Crippen LogP contribution in [-0.2, 0) is 4.74 Å². The van der Waals surface area contributed by atoms with E-state index in [1.54, 1.807) is 12.4 Å². The quantitative estimate of drug-likeness (QED) is 0.315. The highest BCUT2D eigenvalue weighted by atomic mass is 127. The Morgan fingerprint density at radius 3 is 2.92 bits per heavy atom. The molecule has 24 heavy (non-hydrogen) atoms. The van der Waals surface area contributed by atoms with Crippen LogP contribution in [0, 0.1) is 5.41 Å². The fourth-order valence-electron chi connectivity index (χ4n) is 3.34. The van der Waals surface area contributed by atoms with E-state index in [4.69, 9.17) is 9.73 Å². The fraction of sp³-hybridized carbons (Fsp3) is 0.647. The SMILES string of the molecule is CCNC(=NCCNc1ccncc1)N1CCC2(CCOC2)C1.I. The molecule has 0 aliphatic carbocycles. The van der Waals surface area contributed by atoms with Crippen molar-refractivity contribution < 1.29 is 4.74 Å². The number of aromatic nitrogens is 1. The molecule has 3 heterocycles. The number of rotatable bonds is 5. The van der Waals surface area contributed by atoms with Crippen molar-refractivity contribution in [1.29, 1.82) is 0 Å². The fourth-order valence-corrected chi connectivity index (χ4v) is 3.34. The van der Waals surface area contributed by atoms with Gasteiger partial charge in [0.2, 0.25) is 0 Å². The van der Waals surface area contributed by atoms with E-state index in [1.165, 1.54) is 12.8 Å². The number of pyridine rings is 1. The van der Waals surface area contributed by atoms with Gasteiger partial charge in [0.25, 0.3) is 0 Å². The Kier molecular flexibility index (Phi) is 7.54. The molecule has 7 heteroatoms. The van der Waals surface area contributed by atoms with Crippen LogP contribution in [0.25, 0.3) is 0 Å². The van der Waals surface area contributed by atoms with Crippen LogP contribution in [0.5, 0.6) is 0 Å². The Hall–Kier alpha value is -1.09. The predicted molar refractivity (Wildman–Crippen MR) is 108 cm³/mol. The number of likely N-dealkylation sites (tertiary alicyclic amines) is 1. The molecular weight excluding hydrogens is 417 g/mol. The third-order valence-electron chi connectivity index (χ3n) is 4.64. The van der Waals surface area contributed by atoms with Crippen molar-refractivity contribution >= 4 is 35.6 Å². The highest BCUT2D eigenvalue weighted by molar-refractivity contribution is 14.0. The van der Waals surface area contributed by atoms with Crippen LogP contribution in [0.4, 0.5) is 5.69 Å². The first-order chi connectivity index (χ1) is 11.3. The van der Waals surface area contributed by atoms with Gasteiger partial charge in [-0.25, -0.2) is 0 Å². The molecule has 0 saturated carbocycles. The minimum Gasteiger partial charge on any atom is -0.383 e. The molecule has 134 valence electrons. The predicted octanol–water partition coefficient (Wildman–Crippen LogP) is 2.19. The number of guanidine groups is 1. The molecule has 1 aromatic rings. The summed E-state index contributed by atoms with van der Waals surface area (Å²) in [5.74, 6) is 1.04. The average molecular weight is 445 g/mol. The largest absolute Gasteiger partial charge is 0.383 e. The highest BCUT2D eigenvalue weighted by Crippen LogP contribution is 2.38. The summed E-state index contributed by atoms with van der Waals surface area (Å²) in [4.78, 5) is 11.2. The van der Waals surface area contributed by atoms with E-state index in [9.17, 15) is 0 Å². The third kappa shape index (κ3) is 4.95. The van der Waals surface area contributed by atoms with Crippen LogP contribution in [-0.4, -0.2) is 61.8 Å². The molecule has 0 bridgehead atoms. The molecule has 1 atom stereocenters. The normalized spacial score (nSPS) is 23.4. The standard InChI is InChI=1S/C17H27N5O.HI/c1-2-19-16(21-10-9-20-15-3-7-18-8-4-15)22-11-5-17(13-22)6-12-23-14-17;/h3-4,7-8H,2,5-6,9-14H2,1H3,(H,18,20)(H,19,21);1H. The van der Waals surface area contributed by atoms with Gasteiger partial charge in [0.1, 0.15) is 0 Å². The van der Waals surface area contributed by atoms with Crippen molar-refractivity contribution in [1.82, 2.24) is 15.2 Å². The van der Waals surface area contributed by atoms with Gasteiger partial charge in [-0.15, -0.1) is 24.0 Å². The van der Waals surface area contributed by atoms with Gasteiger partial charge in [-0.05, 0) is 31.9 Å². The van der Waals surface area contributed by atoms with Crippen molar-refractivity contribution in [3.63, 3.8) is 0 Å². The Labute approximate surface area is 161 Å². The zero-order valence-electron chi connectivity index (χ0n) is 14.3. The number of nitrogens with one attached hydrogen (secondary N) is 2. The summed E-state index contributed by atoms with van der Waals surface area (Å²) < 4.78 is 5.62. The molecule has 6 nitrogen and oxygen atoms in total. The van der Waals surface area contributed by atoms with E-state index < -0.39 is 0 Å². The maximum absolute atomic E-state index is 5.62. The summed E-state index contributed by atoms with van der Waals surface area (Å²) in [6.07, 6.45) is 5.99. The third-order valence-corrected chi connectivity index (χ3v) is 4.64. The molecule has 0 amide bonds. The number of ether oxygens (including phenoxy) is 1. The molecule has 2 aliphatic heterocycles. The van der Waals surface area contributed by atoms with Crippen LogP contribution >= 0.6 is 24.0 Å². The molecule has 2 saturated heterocycles. The molecule has 2 aliphatic rings. The molecule has 1 unspecified atom stereocenters. The Bertz CT molecular complexity index is 519. The number of nitrogens with zero attached hydrogens (tertiary/aromatic N) is 3. The first-order valence-electron chi connectivity index (χ1n) is 8.56. The summed E-state index contributed by atoms with van der Waals surface area (Å²) in [6.45, 7) is 8.56. The van der Waals surface area contributed by atoms with Gasteiger partial charge < -0.3 is 20.3 Å². The minimum absolute atomic E-state index is 0. The molecule has 3 rings (SSSR count). The lowest BCUT2D eigenvalue weighted by atomic mass is 9.87. The number of anilines is 1. The summed E-state index contributed by atoms with van der Waals surface area (Å²) in [5, 5.41) is 6.79. The van der Waals surface area contributed by atoms with Crippen LogP contribution in [0.1, 0.15) is 19.8 Å². The second-order valence-corrected chi connectivity index (χ2v) is 6.37. The van der Waals surface area contributed by atoms with Crippen molar-refractivity contribution in [3.05, 3.63) is 24.5 Å². The minimum atomic E-state index is 0. The molecule has 1 spiro atoms. The van der Waals surface area contributed by atoms with Crippen LogP contribution in [0.2, 0.25) is 0 Å². The van der Waals surface area contributed by atoms with Gasteiger partial charge in [-0.3, -0.25) is 9.98 Å². The summed E-state index contributed by atoms with van der Waals surface area (Å²) in [6, 6.07) is 3.94. The summed E-state index contributed by atoms with van der Waals surface area (Å²) in [7, 11) is 0. The van der Waals surface area contributed by atoms with Gasteiger partial charge >= 0.3 is 0 Å². The van der Waals surface area contributed by atoms with E-state index >= 15 is 0 Å². The highest BCUT2D eigenvalue weighted by Gasteiger charge is 2.42. The maximum atomic E-state index is 5.62. The van der Waals surface area contributed by atoms with E-state index in [2.05, 4.69) is 27.4 Å². The topological polar surface area (TPSA) is 61.8 Å². The van der Waals surface area contributed by atoms with Crippen LogP contribution < -0.4 is 10.6 Å². The molecular formula is C17H28IN5O. The van der Waals surface area contributed by atoms with Gasteiger partial charge in [0.15, 0.2) is 5.96 Å². The Morgan fingerprint density at radius 1 is 1.38 bits per heavy atom. The maximum Gasteiger partial charge on any atom is 0.193 e. The van der Waals surface area contributed by atoms with Crippen molar-refractivity contribution in [3.8, 4) is 0 Å². The molecule has 2 fully saturated rings. The van der Waals surface area contributed by atoms with E-state index in [-0.39, 0.29) is 24.0 Å². The zero-order valence-corrected chi connectivity index (χ0v) is 16.7. The van der Waals surface area contributed by atoms with Crippen molar-refractivity contribution in [2.75, 3.05) is 51.3 Å². The number of halogens is 1. The smallest absolute Gasteiger partial charge is 0.193 e. The number of hydrogen-bond donors (Lipinski definition) is 2. The van der Waals surface area contributed by atoms with Gasteiger partial charge in [0, 0.05) is 56.3 Å². The second-order valence-electron chi connectivity index (χ2n) is 6.37. The van der Waals surface area contributed by atoms with Crippen LogP contribution in [0.3, 0.4) is 0 Å². The Morgan fingerprint density at radius 2 is 2.21 bits per heavy atom. The lowest BCUT2D eigenvalue weighted by Crippen LogP contribution is -2.41. The zero-order chi connectivity index (χ0) is 16.0. The van der Waals surface area contributed by atoms with Crippen molar-refractivity contribution in [2.45, 2.75) is 19.8 Å². The number of aliphatic imine (C=N–C) groups is 1. The first-order valence-corrected chi connectivity index (χ1v) is 8.56. The lowest BCUT2D eigenvalue weighted by molar-refractivity contribution is 0.156. The first kappa shape index (κ1) is 19.2. The molecule has 1 aromatic heterocycles. The van der Waals surface area contributed by atoms with Crippen molar-refractivity contribution in [2.24, 2.45) is 10.4 Å². The number of hydrogen-bond acceptors (Lipinski definition) is 4. The van der Waals surface area contributed by atoms with E-state index in [0.717, 1.165) is 57.6 Å². The summed E-state index contributed by atoms with van der Waals surface area (Å²) in [5.41, 5.74) is 1.45. The van der Waals surface area contributed by atoms with Gasteiger partial charge in [-0.1, -0.05) is 0 Å². The molecule has 0 radical (unpaired) electrons. The summed E-state index contributed by atoms with van der Waals surface area (Å²) >= 11 is 0. The average Bonchev–Trinajstić information content (AvgIpc) is 3.22. The van der Waals surface area contributed by atoms with Gasteiger partial charge in [0.05, 0.1) is 13.2 Å². The Balaban J connectivity index is 0.00000208. The van der Waals surface area contributed by atoms with Crippen LogP contribution in [0.15, 0.2) is 29.5 Å². The van der Waals surface area contributed by atoms with E-state index in [1.807, 2.05) is 12.1 Å². The van der Waals surface area contributed by atoms with Gasteiger partial charge in [-0.2, -0.15) is 0 Å². The van der Waals surface area contributed by atoms with E-state index in [0.29, 0.717) is 5.41 Å².